The Hall–Kier alpha value is -2.04. The van der Waals surface area contributed by atoms with Crippen molar-refractivity contribution in [1.29, 1.82) is 0 Å². The van der Waals surface area contributed by atoms with Crippen LogP contribution in [0.4, 0.5) is 4.39 Å². The van der Waals surface area contributed by atoms with Crippen molar-refractivity contribution >= 4 is 5.78 Å². The first kappa shape index (κ1) is 13.4. The first-order valence-electron chi connectivity index (χ1n) is 6.16. The predicted molar refractivity (Wildman–Crippen MR) is 69.6 cm³/mol. The van der Waals surface area contributed by atoms with Crippen LogP contribution in [0, 0.1) is 12.7 Å². The Morgan fingerprint density at radius 2 is 2.16 bits per heavy atom. The van der Waals surface area contributed by atoms with Gasteiger partial charge in [0, 0.05) is 6.04 Å². The minimum absolute atomic E-state index is 0.0541. The highest BCUT2D eigenvalue weighted by Gasteiger charge is 2.16. The Kier molecular flexibility index (Phi) is 3.74. The zero-order valence-electron chi connectivity index (χ0n) is 11.2. The molecule has 100 valence electrons. The molecule has 1 aromatic heterocycles. The van der Waals surface area contributed by atoms with Crippen molar-refractivity contribution in [2.24, 2.45) is 0 Å². The molecule has 2 rings (SSSR count). The van der Waals surface area contributed by atoms with E-state index in [2.05, 4.69) is 10.1 Å². The molecule has 0 fully saturated rings. The van der Waals surface area contributed by atoms with Crippen molar-refractivity contribution < 1.29 is 9.18 Å². The minimum atomic E-state index is -0.494. The maximum atomic E-state index is 13.6. The number of hydrogen-bond acceptors (Lipinski definition) is 3. The van der Waals surface area contributed by atoms with Gasteiger partial charge >= 0.3 is 0 Å². The molecule has 0 saturated heterocycles. The van der Waals surface area contributed by atoms with Crippen molar-refractivity contribution in [3.63, 3.8) is 0 Å². The van der Waals surface area contributed by atoms with E-state index in [1.807, 2.05) is 20.8 Å². The third-order valence-electron chi connectivity index (χ3n) is 2.88. The van der Waals surface area contributed by atoms with Crippen molar-refractivity contribution in [1.82, 2.24) is 14.8 Å². The second-order valence-corrected chi connectivity index (χ2v) is 4.80. The molecule has 2 aromatic rings. The Balaban J connectivity index is 2.26. The van der Waals surface area contributed by atoms with Crippen molar-refractivity contribution in [2.75, 3.05) is 0 Å². The third kappa shape index (κ3) is 2.86. The van der Waals surface area contributed by atoms with Crippen LogP contribution in [0.5, 0.6) is 0 Å². The van der Waals surface area contributed by atoms with Crippen molar-refractivity contribution in [3.8, 4) is 0 Å². The van der Waals surface area contributed by atoms with Gasteiger partial charge in [0.05, 0.1) is 12.0 Å². The predicted octanol–water partition coefficient (Wildman–Crippen LogP) is 2.73. The summed E-state index contributed by atoms with van der Waals surface area (Å²) >= 11 is 0. The van der Waals surface area contributed by atoms with Crippen LogP contribution in [0.2, 0.25) is 0 Å². The smallest absolute Gasteiger partial charge is 0.173 e. The molecule has 0 bridgehead atoms. The van der Waals surface area contributed by atoms with Gasteiger partial charge in [-0.25, -0.2) is 14.1 Å². The van der Waals surface area contributed by atoms with Gasteiger partial charge in [-0.3, -0.25) is 4.79 Å². The zero-order chi connectivity index (χ0) is 14.0. The number of rotatable bonds is 4. The van der Waals surface area contributed by atoms with Crippen LogP contribution in [-0.4, -0.2) is 20.5 Å². The number of halogens is 1. The largest absolute Gasteiger partial charge is 0.294 e. The van der Waals surface area contributed by atoms with Crippen LogP contribution >= 0.6 is 0 Å². The van der Waals surface area contributed by atoms with Gasteiger partial charge in [-0.05, 0) is 32.9 Å². The molecule has 0 saturated carbocycles. The molecular weight excluding hydrogens is 245 g/mol. The molecule has 19 heavy (non-hydrogen) atoms. The van der Waals surface area contributed by atoms with E-state index in [0.29, 0.717) is 5.82 Å². The maximum absolute atomic E-state index is 13.6. The van der Waals surface area contributed by atoms with Crippen LogP contribution in [0.25, 0.3) is 0 Å². The second kappa shape index (κ2) is 5.30. The lowest BCUT2D eigenvalue weighted by Gasteiger charge is -2.09. The summed E-state index contributed by atoms with van der Waals surface area (Å²) in [7, 11) is 0. The Morgan fingerprint density at radius 1 is 1.42 bits per heavy atom. The first-order chi connectivity index (χ1) is 8.99. The topological polar surface area (TPSA) is 47.8 Å². The van der Waals surface area contributed by atoms with Gasteiger partial charge in [-0.1, -0.05) is 11.6 Å². The lowest BCUT2D eigenvalue weighted by molar-refractivity contribution is 0.0985. The molecule has 0 amide bonds. The SMILES string of the molecule is Cc1ccc(F)c(C(=O)Cc2ncnn2C(C)C)c1. The molecule has 0 radical (unpaired) electrons. The van der Waals surface area contributed by atoms with Crippen molar-refractivity contribution in [2.45, 2.75) is 33.2 Å². The summed E-state index contributed by atoms with van der Waals surface area (Å²) < 4.78 is 15.3. The summed E-state index contributed by atoms with van der Waals surface area (Å²) in [6.45, 7) is 5.73. The third-order valence-corrected chi connectivity index (χ3v) is 2.88. The van der Waals surface area contributed by atoms with E-state index in [9.17, 15) is 9.18 Å². The molecule has 0 unspecified atom stereocenters. The summed E-state index contributed by atoms with van der Waals surface area (Å²) in [5.41, 5.74) is 0.966. The Labute approximate surface area is 111 Å². The molecule has 4 nitrogen and oxygen atoms in total. The van der Waals surface area contributed by atoms with Crippen LogP contribution < -0.4 is 0 Å². The highest BCUT2D eigenvalue weighted by Crippen LogP contribution is 2.14. The van der Waals surface area contributed by atoms with Gasteiger partial charge < -0.3 is 0 Å². The van der Waals surface area contributed by atoms with Gasteiger partial charge in [-0.15, -0.1) is 0 Å². The molecule has 0 aliphatic heterocycles. The average Bonchev–Trinajstić information content (AvgIpc) is 2.80. The van der Waals surface area contributed by atoms with E-state index in [1.54, 1.807) is 16.8 Å². The normalized spacial score (nSPS) is 11.0. The maximum Gasteiger partial charge on any atom is 0.173 e. The number of ketones is 1. The number of aromatic nitrogens is 3. The first-order valence-corrected chi connectivity index (χ1v) is 6.16. The number of carbonyl (C=O) groups excluding carboxylic acids is 1. The number of hydrogen-bond donors (Lipinski definition) is 0. The summed E-state index contributed by atoms with van der Waals surface area (Å²) in [4.78, 5) is 16.2. The quantitative estimate of drug-likeness (QED) is 0.795. The molecule has 0 aliphatic carbocycles. The van der Waals surface area contributed by atoms with E-state index in [-0.39, 0.29) is 23.8 Å². The van der Waals surface area contributed by atoms with E-state index in [0.717, 1.165) is 5.56 Å². The molecule has 0 aliphatic rings. The van der Waals surface area contributed by atoms with Gasteiger partial charge in [-0.2, -0.15) is 5.10 Å². The van der Waals surface area contributed by atoms with Crippen LogP contribution in [0.1, 0.15) is 41.6 Å². The summed E-state index contributed by atoms with van der Waals surface area (Å²) in [5, 5.41) is 4.06. The van der Waals surface area contributed by atoms with Gasteiger partial charge in [0.1, 0.15) is 18.0 Å². The van der Waals surface area contributed by atoms with Gasteiger partial charge in [0.25, 0.3) is 0 Å². The minimum Gasteiger partial charge on any atom is -0.294 e. The summed E-state index contributed by atoms with van der Waals surface area (Å²) in [5.74, 6) is -0.219. The Morgan fingerprint density at radius 3 is 2.84 bits per heavy atom. The standard InChI is InChI=1S/C14H16FN3O/c1-9(2)18-14(16-8-17-18)7-13(19)11-6-10(3)4-5-12(11)15/h4-6,8-9H,7H2,1-3H3. The molecule has 1 heterocycles. The molecule has 0 spiro atoms. The number of nitrogens with zero attached hydrogens (tertiary/aromatic N) is 3. The monoisotopic (exact) mass is 261 g/mol. The highest BCUT2D eigenvalue weighted by atomic mass is 19.1. The van der Waals surface area contributed by atoms with E-state index < -0.39 is 5.82 Å². The summed E-state index contributed by atoms with van der Waals surface area (Å²) in [6.07, 6.45) is 1.47. The molecule has 0 atom stereocenters. The molecule has 1 aromatic carbocycles. The van der Waals surface area contributed by atoms with E-state index in [4.69, 9.17) is 0 Å². The Bertz CT molecular complexity index is 604. The van der Waals surface area contributed by atoms with E-state index >= 15 is 0 Å². The van der Waals surface area contributed by atoms with Crippen molar-refractivity contribution in [3.05, 3.63) is 47.3 Å². The number of Topliss-reactive ketones (excluding diaryl/α,β-unsaturated/α-hetero) is 1. The molecule has 5 heteroatoms. The zero-order valence-corrected chi connectivity index (χ0v) is 11.2. The second-order valence-electron chi connectivity index (χ2n) is 4.80. The van der Waals surface area contributed by atoms with E-state index in [1.165, 1.54) is 12.4 Å². The summed E-state index contributed by atoms with van der Waals surface area (Å²) in [6, 6.07) is 4.64. The fourth-order valence-electron chi connectivity index (χ4n) is 1.92. The number of aryl methyl sites for hydroxylation is 1. The molecular formula is C14H16FN3O. The van der Waals surface area contributed by atoms with Crippen LogP contribution in [0.15, 0.2) is 24.5 Å². The highest BCUT2D eigenvalue weighted by molar-refractivity contribution is 5.97. The molecule has 0 N–H and O–H groups in total. The average molecular weight is 261 g/mol. The fraction of sp³-hybridized carbons (Fsp3) is 0.357. The lowest BCUT2D eigenvalue weighted by Crippen LogP contribution is -2.14. The number of benzene rings is 1. The van der Waals surface area contributed by atoms with Crippen LogP contribution in [-0.2, 0) is 6.42 Å². The number of carbonyl (C=O) groups is 1. The van der Waals surface area contributed by atoms with Crippen LogP contribution in [0.3, 0.4) is 0 Å². The lowest BCUT2D eigenvalue weighted by atomic mass is 10.0. The fourth-order valence-corrected chi connectivity index (χ4v) is 1.92. The van der Waals surface area contributed by atoms with Gasteiger partial charge in [0.2, 0.25) is 0 Å². The van der Waals surface area contributed by atoms with Gasteiger partial charge in [0.15, 0.2) is 5.78 Å².